The number of carbonyl (C=O) groups is 2. The van der Waals surface area contributed by atoms with E-state index in [2.05, 4.69) is 5.10 Å². The first-order valence-electron chi connectivity index (χ1n) is 13.0. The van der Waals surface area contributed by atoms with E-state index in [9.17, 15) is 23.1 Å². The second kappa shape index (κ2) is 10.6. The van der Waals surface area contributed by atoms with Crippen LogP contribution in [0.4, 0.5) is 5.69 Å². The molecule has 1 aromatic carbocycles. The molecule has 5 rings (SSSR count). The number of hydrogen-bond donors (Lipinski definition) is 1. The summed E-state index contributed by atoms with van der Waals surface area (Å²) in [6, 6.07) is 9.15. The van der Waals surface area contributed by atoms with Crippen molar-refractivity contribution in [2.45, 2.75) is 63.4 Å². The molecule has 3 heterocycles. The monoisotopic (exact) mass is 556 g/mol. The van der Waals surface area contributed by atoms with E-state index in [1.807, 2.05) is 38.1 Å². The normalized spacial score (nSPS) is 19.7. The van der Waals surface area contributed by atoms with E-state index >= 15 is 0 Å². The van der Waals surface area contributed by atoms with Crippen LogP contribution in [0.3, 0.4) is 0 Å². The summed E-state index contributed by atoms with van der Waals surface area (Å²) in [5.41, 5.74) is 2.33. The topological polar surface area (TPSA) is 113 Å². The highest BCUT2D eigenvalue weighted by atomic mass is 32.2. The molecule has 1 aliphatic heterocycles. The molecule has 11 heteroatoms. The standard InChI is InChI=1S/C27H32N4O5S2/c1-3-29-15-21(14-28-29)38(35,36)30-16-23(19-7-5-4-6-8-19)31(25(32)17-30)22-13-24(37-26(22)27(33)34)20-11-9-18(2)10-12-20/h9-15,19,23H,3-8,16-17H2,1-2H3,(H,33,34)/t23-/m0/s1. The molecular weight excluding hydrogens is 524 g/mol. The first-order chi connectivity index (χ1) is 18.2. The van der Waals surface area contributed by atoms with Crippen LogP contribution in [-0.4, -0.2) is 58.6 Å². The molecule has 0 bridgehead atoms. The van der Waals surface area contributed by atoms with Crippen LogP contribution in [0.5, 0.6) is 0 Å². The van der Waals surface area contributed by atoms with Gasteiger partial charge in [-0.1, -0.05) is 49.1 Å². The molecule has 9 nitrogen and oxygen atoms in total. The summed E-state index contributed by atoms with van der Waals surface area (Å²) in [7, 11) is -3.94. The van der Waals surface area contributed by atoms with E-state index in [0.29, 0.717) is 12.2 Å². The van der Waals surface area contributed by atoms with E-state index < -0.39 is 27.9 Å². The van der Waals surface area contributed by atoms with Gasteiger partial charge >= 0.3 is 5.97 Å². The highest BCUT2D eigenvalue weighted by Crippen LogP contribution is 2.42. The fourth-order valence-electron chi connectivity index (χ4n) is 5.52. The van der Waals surface area contributed by atoms with Crippen LogP contribution >= 0.6 is 11.3 Å². The Morgan fingerprint density at radius 3 is 2.50 bits per heavy atom. The summed E-state index contributed by atoms with van der Waals surface area (Å²) in [6.45, 7) is 4.16. The van der Waals surface area contributed by atoms with Gasteiger partial charge in [0.1, 0.15) is 9.77 Å². The first-order valence-corrected chi connectivity index (χ1v) is 15.2. The Hall–Kier alpha value is -3.02. The van der Waals surface area contributed by atoms with Gasteiger partial charge in [-0.05, 0) is 44.2 Å². The van der Waals surface area contributed by atoms with Crippen LogP contribution in [0, 0.1) is 12.8 Å². The summed E-state index contributed by atoms with van der Waals surface area (Å²) >= 11 is 1.14. The van der Waals surface area contributed by atoms with Gasteiger partial charge in [0, 0.05) is 24.2 Å². The third-order valence-electron chi connectivity index (χ3n) is 7.57. The number of carboxylic acid groups (broad SMARTS) is 1. The highest BCUT2D eigenvalue weighted by molar-refractivity contribution is 7.89. The molecule has 2 aliphatic rings. The van der Waals surface area contributed by atoms with Gasteiger partial charge in [0.2, 0.25) is 15.9 Å². The van der Waals surface area contributed by atoms with Crippen molar-refractivity contribution < 1.29 is 23.1 Å². The minimum absolute atomic E-state index is 0.0615. The molecular formula is C27H32N4O5S2. The summed E-state index contributed by atoms with van der Waals surface area (Å²) in [4.78, 5) is 28.6. The number of aromatic nitrogens is 2. The number of hydrogen-bond acceptors (Lipinski definition) is 6. The van der Waals surface area contributed by atoms with Gasteiger partial charge in [0.15, 0.2) is 0 Å². The molecule has 1 saturated carbocycles. The SMILES string of the molecule is CCn1cc(S(=O)(=O)N2CC(=O)N(c3cc(-c4ccc(C)cc4)sc3C(=O)O)[C@H](C3CCCCC3)C2)cn1. The van der Waals surface area contributed by atoms with Gasteiger partial charge in [-0.15, -0.1) is 11.3 Å². The van der Waals surface area contributed by atoms with Crippen LogP contribution in [-0.2, 0) is 21.4 Å². The third kappa shape index (κ3) is 5.02. The zero-order chi connectivity index (χ0) is 27.0. The summed E-state index contributed by atoms with van der Waals surface area (Å²) in [5, 5.41) is 14.2. The van der Waals surface area contributed by atoms with Crippen LogP contribution in [0.15, 0.2) is 47.6 Å². The van der Waals surface area contributed by atoms with E-state index in [0.717, 1.165) is 59.4 Å². The van der Waals surface area contributed by atoms with Crippen molar-refractivity contribution >= 4 is 38.9 Å². The number of carboxylic acids is 1. The number of carbonyl (C=O) groups excluding carboxylic acids is 1. The van der Waals surface area contributed by atoms with Crippen molar-refractivity contribution in [1.29, 1.82) is 0 Å². The maximum absolute atomic E-state index is 13.8. The molecule has 1 saturated heterocycles. The molecule has 0 spiro atoms. The number of aryl methyl sites for hydroxylation is 2. The number of sulfonamides is 1. The minimum atomic E-state index is -3.94. The van der Waals surface area contributed by atoms with Crippen molar-refractivity contribution in [3.63, 3.8) is 0 Å². The Morgan fingerprint density at radius 1 is 1.16 bits per heavy atom. The van der Waals surface area contributed by atoms with Crippen LogP contribution in [0.1, 0.15) is 54.3 Å². The van der Waals surface area contributed by atoms with Crippen molar-refractivity contribution in [3.05, 3.63) is 53.2 Å². The average molecular weight is 557 g/mol. The molecule has 202 valence electrons. The Balaban J connectivity index is 1.55. The smallest absolute Gasteiger partial charge is 0.348 e. The summed E-state index contributed by atoms with van der Waals surface area (Å²) in [6.07, 6.45) is 7.65. The number of piperazine rings is 1. The molecule has 38 heavy (non-hydrogen) atoms. The number of amides is 1. The molecule has 2 aromatic heterocycles. The van der Waals surface area contributed by atoms with E-state index in [4.69, 9.17) is 0 Å². The fourth-order valence-corrected chi connectivity index (χ4v) is 7.87. The number of rotatable bonds is 7. The van der Waals surface area contributed by atoms with Crippen molar-refractivity contribution in [1.82, 2.24) is 14.1 Å². The lowest BCUT2D eigenvalue weighted by atomic mass is 9.82. The zero-order valence-corrected chi connectivity index (χ0v) is 23.2. The molecule has 1 atom stereocenters. The van der Waals surface area contributed by atoms with Gasteiger partial charge in [-0.2, -0.15) is 9.40 Å². The lowest BCUT2D eigenvalue weighted by Crippen LogP contribution is -2.60. The largest absolute Gasteiger partial charge is 0.477 e. The van der Waals surface area contributed by atoms with Gasteiger partial charge in [-0.25, -0.2) is 13.2 Å². The number of anilines is 1. The second-order valence-electron chi connectivity index (χ2n) is 10.1. The predicted octanol–water partition coefficient (Wildman–Crippen LogP) is 4.62. The zero-order valence-electron chi connectivity index (χ0n) is 21.5. The lowest BCUT2D eigenvalue weighted by molar-refractivity contribution is -0.121. The second-order valence-corrected chi connectivity index (χ2v) is 13.0. The van der Waals surface area contributed by atoms with Crippen LogP contribution < -0.4 is 4.90 Å². The Bertz CT molecular complexity index is 1440. The number of aromatic carboxylic acids is 1. The van der Waals surface area contributed by atoms with Gasteiger partial charge in [-0.3, -0.25) is 9.48 Å². The van der Waals surface area contributed by atoms with Crippen molar-refractivity contribution in [2.75, 3.05) is 18.0 Å². The molecule has 1 aliphatic carbocycles. The van der Waals surface area contributed by atoms with Crippen molar-refractivity contribution in [2.24, 2.45) is 5.92 Å². The minimum Gasteiger partial charge on any atom is -0.477 e. The number of nitrogens with zero attached hydrogens (tertiary/aromatic N) is 4. The highest BCUT2D eigenvalue weighted by Gasteiger charge is 2.44. The Morgan fingerprint density at radius 2 is 1.87 bits per heavy atom. The van der Waals surface area contributed by atoms with Crippen LogP contribution in [0.2, 0.25) is 0 Å². The molecule has 3 aromatic rings. The summed E-state index contributed by atoms with van der Waals surface area (Å²) in [5.74, 6) is -1.43. The van der Waals surface area contributed by atoms with Gasteiger partial charge in [0.25, 0.3) is 0 Å². The van der Waals surface area contributed by atoms with Crippen LogP contribution in [0.25, 0.3) is 10.4 Å². The molecule has 1 amide bonds. The number of benzene rings is 1. The fraction of sp³-hybridized carbons (Fsp3) is 0.444. The maximum Gasteiger partial charge on any atom is 0.348 e. The predicted molar refractivity (Wildman–Crippen MR) is 146 cm³/mol. The first kappa shape index (κ1) is 26.6. The molecule has 1 N–H and O–H groups in total. The van der Waals surface area contributed by atoms with Gasteiger partial charge in [0.05, 0.1) is 24.5 Å². The Labute approximate surface area is 226 Å². The molecule has 0 radical (unpaired) electrons. The quantitative estimate of drug-likeness (QED) is 0.454. The van der Waals surface area contributed by atoms with E-state index in [-0.39, 0.29) is 28.8 Å². The Kier molecular flexibility index (Phi) is 7.43. The van der Waals surface area contributed by atoms with Gasteiger partial charge < -0.3 is 10.0 Å². The van der Waals surface area contributed by atoms with E-state index in [1.54, 1.807) is 15.6 Å². The lowest BCUT2D eigenvalue weighted by Gasteiger charge is -2.44. The third-order valence-corrected chi connectivity index (χ3v) is 10.5. The number of thiophene rings is 1. The summed E-state index contributed by atoms with van der Waals surface area (Å²) < 4.78 is 29.9. The maximum atomic E-state index is 13.8. The average Bonchev–Trinajstić information content (AvgIpc) is 3.57. The van der Waals surface area contributed by atoms with Crippen molar-refractivity contribution in [3.8, 4) is 10.4 Å². The van der Waals surface area contributed by atoms with E-state index in [1.165, 1.54) is 16.7 Å². The molecule has 2 fully saturated rings. The molecule has 0 unspecified atom stereocenters.